The zero-order chi connectivity index (χ0) is 13.1. The summed E-state index contributed by atoms with van der Waals surface area (Å²) in [6.45, 7) is 4.83. The molecule has 0 radical (unpaired) electrons. The summed E-state index contributed by atoms with van der Waals surface area (Å²) in [7, 11) is 0. The average Bonchev–Trinajstić information content (AvgIpc) is 2.72. The van der Waals surface area contributed by atoms with Crippen molar-refractivity contribution in [2.45, 2.75) is 26.4 Å². The second-order valence-corrected chi connectivity index (χ2v) is 4.61. The smallest absolute Gasteiger partial charge is 0.0893 e. The predicted octanol–water partition coefficient (Wildman–Crippen LogP) is 2.42. The summed E-state index contributed by atoms with van der Waals surface area (Å²) in [5.41, 5.74) is 5.98. The summed E-state index contributed by atoms with van der Waals surface area (Å²) < 4.78 is 1.86. The Labute approximate surface area is 112 Å². The molecule has 2 rings (SSSR count). The number of rotatable bonds is 4. The van der Waals surface area contributed by atoms with Gasteiger partial charge in [-0.15, -0.1) is 0 Å². The number of nitrogens with one attached hydrogen (secondary N) is 1. The van der Waals surface area contributed by atoms with Gasteiger partial charge in [-0.3, -0.25) is 10.5 Å². The van der Waals surface area contributed by atoms with Crippen LogP contribution in [-0.4, -0.2) is 9.78 Å². The molecule has 4 nitrogen and oxygen atoms in total. The van der Waals surface area contributed by atoms with E-state index in [9.17, 15) is 0 Å². The highest BCUT2D eigenvalue weighted by Crippen LogP contribution is 2.28. The predicted molar refractivity (Wildman–Crippen MR) is 73.3 cm³/mol. The van der Waals surface area contributed by atoms with Crippen LogP contribution < -0.4 is 11.3 Å². The average molecular weight is 265 g/mol. The van der Waals surface area contributed by atoms with Crippen LogP contribution in [0.4, 0.5) is 0 Å². The van der Waals surface area contributed by atoms with E-state index in [2.05, 4.69) is 29.6 Å². The standard InChI is InChI=1S/C13H17ClN4/c1-3-18-13(11(14)8-16-18)12(17-15)10-6-4-5-9(2)7-10/h4-8,12,17H,3,15H2,1-2H3. The van der Waals surface area contributed by atoms with E-state index in [1.54, 1.807) is 6.20 Å². The number of halogens is 1. The van der Waals surface area contributed by atoms with Crippen LogP contribution in [0.5, 0.6) is 0 Å². The molecule has 2 aromatic rings. The van der Waals surface area contributed by atoms with E-state index in [1.807, 2.05) is 23.7 Å². The van der Waals surface area contributed by atoms with Crippen molar-refractivity contribution in [3.63, 3.8) is 0 Å². The number of hydrogen-bond acceptors (Lipinski definition) is 3. The molecule has 0 saturated heterocycles. The van der Waals surface area contributed by atoms with Crippen LogP contribution >= 0.6 is 11.6 Å². The van der Waals surface area contributed by atoms with Crippen molar-refractivity contribution in [1.29, 1.82) is 0 Å². The first kappa shape index (κ1) is 13.1. The van der Waals surface area contributed by atoms with Gasteiger partial charge in [0.1, 0.15) is 0 Å². The maximum atomic E-state index is 6.21. The van der Waals surface area contributed by atoms with Crippen LogP contribution in [0.25, 0.3) is 0 Å². The highest BCUT2D eigenvalue weighted by atomic mass is 35.5. The summed E-state index contributed by atoms with van der Waals surface area (Å²) in [6.07, 6.45) is 1.65. The van der Waals surface area contributed by atoms with Gasteiger partial charge in [0.2, 0.25) is 0 Å². The van der Waals surface area contributed by atoms with E-state index in [0.717, 1.165) is 17.8 Å². The Morgan fingerprint density at radius 2 is 2.28 bits per heavy atom. The zero-order valence-corrected chi connectivity index (χ0v) is 11.3. The van der Waals surface area contributed by atoms with Gasteiger partial charge >= 0.3 is 0 Å². The SMILES string of the molecule is CCn1ncc(Cl)c1C(NN)c1cccc(C)c1. The van der Waals surface area contributed by atoms with Crippen LogP contribution in [0.15, 0.2) is 30.5 Å². The van der Waals surface area contributed by atoms with Gasteiger partial charge in [0.15, 0.2) is 0 Å². The van der Waals surface area contributed by atoms with Crippen molar-refractivity contribution in [1.82, 2.24) is 15.2 Å². The molecule has 96 valence electrons. The fourth-order valence-corrected chi connectivity index (χ4v) is 2.34. The number of aromatic nitrogens is 2. The molecule has 5 heteroatoms. The third-order valence-corrected chi connectivity index (χ3v) is 3.24. The molecule has 0 amide bonds. The Bertz CT molecular complexity index is 536. The maximum absolute atomic E-state index is 6.21. The van der Waals surface area contributed by atoms with Crippen molar-refractivity contribution < 1.29 is 0 Å². The molecule has 0 fully saturated rings. The van der Waals surface area contributed by atoms with E-state index in [0.29, 0.717) is 5.02 Å². The summed E-state index contributed by atoms with van der Waals surface area (Å²) in [4.78, 5) is 0. The monoisotopic (exact) mass is 264 g/mol. The van der Waals surface area contributed by atoms with Crippen molar-refractivity contribution in [2.75, 3.05) is 0 Å². The molecule has 1 unspecified atom stereocenters. The minimum Gasteiger partial charge on any atom is -0.271 e. The first-order valence-electron chi connectivity index (χ1n) is 5.91. The maximum Gasteiger partial charge on any atom is 0.0893 e. The number of hydrogen-bond donors (Lipinski definition) is 2. The molecule has 0 saturated carbocycles. The molecule has 0 aliphatic rings. The van der Waals surface area contributed by atoms with Crippen LogP contribution in [0, 0.1) is 6.92 Å². The number of benzene rings is 1. The lowest BCUT2D eigenvalue weighted by molar-refractivity contribution is 0.543. The molecule has 0 aliphatic heterocycles. The molecular formula is C13H17ClN4. The van der Waals surface area contributed by atoms with Crippen molar-refractivity contribution >= 4 is 11.6 Å². The summed E-state index contributed by atoms with van der Waals surface area (Å²) in [5.74, 6) is 5.69. The van der Waals surface area contributed by atoms with Gasteiger partial charge in [-0.1, -0.05) is 41.4 Å². The molecular weight excluding hydrogens is 248 g/mol. The van der Waals surface area contributed by atoms with E-state index < -0.39 is 0 Å². The van der Waals surface area contributed by atoms with Crippen LogP contribution in [0.3, 0.4) is 0 Å². The van der Waals surface area contributed by atoms with Crippen molar-refractivity contribution in [3.05, 3.63) is 52.3 Å². The topological polar surface area (TPSA) is 55.9 Å². The van der Waals surface area contributed by atoms with Gasteiger partial charge in [-0.2, -0.15) is 5.10 Å². The van der Waals surface area contributed by atoms with Gasteiger partial charge < -0.3 is 0 Å². The second-order valence-electron chi connectivity index (χ2n) is 4.21. The number of hydrazine groups is 1. The van der Waals surface area contributed by atoms with Gasteiger partial charge in [-0.05, 0) is 19.4 Å². The molecule has 3 N–H and O–H groups in total. The second kappa shape index (κ2) is 5.52. The Kier molecular flexibility index (Phi) is 4.01. The molecule has 1 atom stereocenters. The fourth-order valence-electron chi connectivity index (χ4n) is 2.09. The third kappa shape index (κ3) is 2.41. The molecule has 1 aromatic heterocycles. The fraction of sp³-hybridized carbons (Fsp3) is 0.308. The number of nitrogens with two attached hydrogens (primary N) is 1. The van der Waals surface area contributed by atoms with E-state index in [4.69, 9.17) is 17.4 Å². The Morgan fingerprint density at radius 3 is 2.89 bits per heavy atom. The molecule has 0 bridgehead atoms. The third-order valence-electron chi connectivity index (χ3n) is 2.95. The van der Waals surface area contributed by atoms with Gasteiger partial charge in [-0.25, -0.2) is 5.43 Å². The lowest BCUT2D eigenvalue weighted by Gasteiger charge is -2.18. The molecule has 0 spiro atoms. The molecule has 18 heavy (non-hydrogen) atoms. The van der Waals surface area contributed by atoms with E-state index in [-0.39, 0.29) is 6.04 Å². The molecule has 1 heterocycles. The largest absolute Gasteiger partial charge is 0.271 e. The Morgan fingerprint density at radius 1 is 1.50 bits per heavy atom. The quantitative estimate of drug-likeness (QED) is 0.659. The van der Waals surface area contributed by atoms with Gasteiger partial charge in [0.05, 0.1) is 23.0 Å². The lowest BCUT2D eigenvalue weighted by Crippen LogP contribution is -2.31. The summed E-state index contributed by atoms with van der Waals surface area (Å²) in [6, 6.07) is 8.03. The van der Waals surface area contributed by atoms with Crippen LogP contribution in [-0.2, 0) is 6.54 Å². The highest BCUT2D eigenvalue weighted by Gasteiger charge is 2.20. The van der Waals surface area contributed by atoms with Gasteiger partial charge in [0, 0.05) is 6.54 Å². The summed E-state index contributed by atoms with van der Waals surface area (Å²) >= 11 is 6.21. The van der Waals surface area contributed by atoms with Crippen LogP contribution in [0.2, 0.25) is 5.02 Å². The lowest BCUT2D eigenvalue weighted by atomic mass is 10.0. The first-order chi connectivity index (χ1) is 8.67. The normalized spacial score (nSPS) is 12.7. The Balaban J connectivity index is 2.48. The zero-order valence-electron chi connectivity index (χ0n) is 10.5. The first-order valence-corrected chi connectivity index (χ1v) is 6.29. The minimum atomic E-state index is -0.153. The molecule has 1 aromatic carbocycles. The van der Waals surface area contributed by atoms with Gasteiger partial charge in [0.25, 0.3) is 0 Å². The van der Waals surface area contributed by atoms with E-state index in [1.165, 1.54) is 5.56 Å². The van der Waals surface area contributed by atoms with Crippen molar-refractivity contribution in [3.8, 4) is 0 Å². The van der Waals surface area contributed by atoms with Crippen molar-refractivity contribution in [2.24, 2.45) is 5.84 Å². The number of nitrogens with zero attached hydrogens (tertiary/aromatic N) is 2. The van der Waals surface area contributed by atoms with Crippen LogP contribution in [0.1, 0.15) is 29.8 Å². The minimum absolute atomic E-state index is 0.153. The molecule has 0 aliphatic carbocycles. The summed E-state index contributed by atoms with van der Waals surface area (Å²) in [5, 5.41) is 4.87. The Hall–Kier alpha value is -1.36. The van der Waals surface area contributed by atoms with E-state index >= 15 is 0 Å². The highest BCUT2D eigenvalue weighted by molar-refractivity contribution is 6.31. The number of aryl methyl sites for hydroxylation is 2.